The minimum atomic E-state index is -0.264. The van der Waals surface area contributed by atoms with E-state index in [-0.39, 0.29) is 17.9 Å². The van der Waals surface area contributed by atoms with E-state index in [0.29, 0.717) is 58.6 Å². The number of nitrogens with one attached hydrogen (secondary N) is 1. The lowest BCUT2D eigenvalue weighted by molar-refractivity contribution is 0.0697. The predicted molar refractivity (Wildman–Crippen MR) is 112 cm³/mol. The van der Waals surface area contributed by atoms with Crippen molar-refractivity contribution >= 4 is 35.0 Å². The average molecular weight is 437 g/mol. The number of methoxy groups -OCH3 is 2. The summed E-state index contributed by atoms with van der Waals surface area (Å²) in [6.45, 7) is 1.07. The highest BCUT2D eigenvalue weighted by Gasteiger charge is 2.26. The molecule has 3 rings (SSSR count). The molecule has 1 aliphatic rings. The van der Waals surface area contributed by atoms with E-state index in [9.17, 15) is 9.59 Å². The van der Waals surface area contributed by atoms with Crippen molar-refractivity contribution in [2.24, 2.45) is 0 Å². The molecule has 29 heavy (non-hydrogen) atoms. The molecule has 0 aliphatic carbocycles. The molecule has 1 aliphatic heterocycles. The van der Waals surface area contributed by atoms with Crippen molar-refractivity contribution in [1.29, 1.82) is 0 Å². The Labute approximate surface area is 179 Å². The van der Waals surface area contributed by atoms with Gasteiger partial charge in [0.25, 0.3) is 11.8 Å². The van der Waals surface area contributed by atoms with Gasteiger partial charge in [0, 0.05) is 35.8 Å². The Morgan fingerprint density at radius 3 is 2.21 bits per heavy atom. The van der Waals surface area contributed by atoms with Crippen LogP contribution in [-0.4, -0.2) is 50.1 Å². The number of carbonyl (C=O) groups excluding carboxylic acids is 2. The minimum Gasteiger partial charge on any atom is -0.497 e. The van der Waals surface area contributed by atoms with Crippen LogP contribution in [0, 0.1) is 0 Å². The van der Waals surface area contributed by atoms with E-state index >= 15 is 0 Å². The number of likely N-dealkylation sites (tertiary alicyclic amines) is 1. The first-order chi connectivity index (χ1) is 13.9. The van der Waals surface area contributed by atoms with Gasteiger partial charge in [-0.3, -0.25) is 9.59 Å². The van der Waals surface area contributed by atoms with Crippen molar-refractivity contribution in [3.05, 3.63) is 57.6 Å². The Kier molecular flexibility index (Phi) is 6.87. The van der Waals surface area contributed by atoms with Gasteiger partial charge in [0.15, 0.2) is 0 Å². The lowest BCUT2D eigenvalue weighted by Gasteiger charge is -2.32. The number of carbonyl (C=O) groups is 2. The van der Waals surface area contributed by atoms with Crippen LogP contribution in [0.4, 0.5) is 0 Å². The van der Waals surface area contributed by atoms with Crippen LogP contribution >= 0.6 is 23.2 Å². The summed E-state index contributed by atoms with van der Waals surface area (Å²) in [5.41, 5.74) is 0.857. The maximum absolute atomic E-state index is 12.9. The van der Waals surface area contributed by atoms with Crippen LogP contribution in [0.2, 0.25) is 10.0 Å². The van der Waals surface area contributed by atoms with Crippen molar-refractivity contribution in [3.8, 4) is 11.5 Å². The van der Waals surface area contributed by atoms with Gasteiger partial charge < -0.3 is 19.7 Å². The predicted octanol–water partition coefficient (Wildman–Crippen LogP) is 4.05. The third-order valence-electron chi connectivity index (χ3n) is 4.89. The number of nitrogens with zero attached hydrogens (tertiary/aromatic N) is 1. The van der Waals surface area contributed by atoms with Crippen LogP contribution in [0.1, 0.15) is 33.6 Å². The van der Waals surface area contributed by atoms with Crippen LogP contribution in [0.5, 0.6) is 11.5 Å². The Morgan fingerprint density at radius 2 is 1.62 bits per heavy atom. The van der Waals surface area contributed by atoms with Gasteiger partial charge in [-0.15, -0.1) is 0 Å². The summed E-state index contributed by atoms with van der Waals surface area (Å²) in [4.78, 5) is 27.1. The van der Waals surface area contributed by atoms with E-state index in [4.69, 9.17) is 32.7 Å². The number of benzene rings is 2. The zero-order chi connectivity index (χ0) is 21.0. The fraction of sp³-hybridized carbons (Fsp3) is 0.333. The van der Waals surface area contributed by atoms with E-state index in [1.165, 1.54) is 0 Å². The maximum Gasteiger partial charge on any atom is 0.254 e. The molecule has 2 aromatic carbocycles. The Morgan fingerprint density at radius 1 is 1.00 bits per heavy atom. The molecule has 0 aromatic heterocycles. The van der Waals surface area contributed by atoms with Gasteiger partial charge in [0.05, 0.1) is 24.8 Å². The number of ether oxygens (including phenoxy) is 2. The summed E-state index contributed by atoms with van der Waals surface area (Å²) < 4.78 is 10.5. The molecule has 1 heterocycles. The molecular formula is C21H22Cl2N2O4. The zero-order valence-electron chi connectivity index (χ0n) is 16.2. The largest absolute Gasteiger partial charge is 0.497 e. The summed E-state index contributed by atoms with van der Waals surface area (Å²) in [6.07, 6.45) is 1.30. The maximum atomic E-state index is 12.9. The van der Waals surface area contributed by atoms with Gasteiger partial charge >= 0.3 is 0 Å². The second-order valence-corrected chi connectivity index (χ2v) is 7.61. The third-order valence-corrected chi connectivity index (χ3v) is 5.45. The van der Waals surface area contributed by atoms with Gasteiger partial charge in [-0.1, -0.05) is 23.2 Å². The second-order valence-electron chi connectivity index (χ2n) is 6.77. The number of halogens is 2. The molecule has 154 valence electrons. The van der Waals surface area contributed by atoms with Gasteiger partial charge in [0.1, 0.15) is 11.5 Å². The molecule has 0 spiro atoms. The van der Waals surface area contributed by atoms with Crippen molar-refractivity contribution < 1.29 is 19.1 Å². The van der Waals surface area contributed by atoms with Crippen LogP contribution < -0.4 is 14.8 Å². The van der Waals surface area contributed by atoms with E-state index < -0.39 is 0 Å². The van der Waals surface area contributed by atoms with E-state index in [1.54, 1.807) is 55.5 Å². The smallest absolute Gasteiger partial charge is 0.254 e. The summed E-state index contributed by atoms with van der Waals surface area (Å²) in [6, 6.07) is 9.86. The second kappa shape index (κ2) is 9.37. The molecule has 8 heteroatoms. The molecule has 0 atom stereocenters. The summed E-state index contributed by atoms with van der Waals surface area (Å²) in [5.74, 6) is 0.770. The Balaban J connectivity index is 1.61. The summed E-state index contributed by atoms with van der Waals surface area (Å²) >= 11 is 12.1. The van der Waals surface area contributed by atoms with Crippen LogP contribution in [-0.2, 0) is 0 Å². The lowest BCUT2D eigenvalue weighted by atomic mass is 10.0. The molecule has 2 amide bonds. The first-order valence-corrected chi connectivity index (χ1v) is 9.95. The first kappa shape index (κ1) is 21.3. The van der Waals surface area contributed by atoms with Gasteiger partial charge in [-0.2, -0.15) is 0 Å². The van der Waals surface area contributed by atoms with Gasteiger partial charge in [-0.05, 0) is 43.2 Å². The molecule has 1 N–H and O–H groups in total. The minimum absolute atomic E-state index is 0.0403. The average Bonchev–Trinajstić information content (AvgIpc) is 2.74. The van der Waals surface area contributed by atoms with Crippen LogP contribution in [0.25, 0.3) is 0 Å². The number of amides is 2. The van der Waals surface area contributed by atoms with Crippen molar-refractivity contribution in [2.75, 3.05) is 27.3 Å². The first-order valence-electron chi connectivity index (χ1n) is 9.19. The standard InChI is InChI=1S/C21H22Cl2N2O4/c1-28-16-9-13(10-17(12-16)29-2)21(27)25-7-5-15(6-8-25)24-20(26)18-11-14(22)3-4-19(18)23/h3-4,9-12,15H,5-8H2,1-2H3,(H,24,26). The van der Waals surface area contributed by atoms with Gasteiger partial charge in [-0.25, -0.2) is 0 Å². The Hall–Kier alpha value is -2.44. The number of rotatable bonds is 5. The quantitative estimate of drug-likeness (QED) is 0.767. The molecule has 2 aromatic rings. The van der Waals surface area contributed by atoms with Gasteiger partial charge in [0.2, 0.25) is 0 Å². The highest BCUT2D eigenvalue weighted by molar-refractivity contribution is 6.35. The monoisotopic (exact) mass is 436 g/mol. The van der Waals surface area contributed by atoms with Crippen LogP contribution in [0.3, 0.4) is 0 Å². The van der Waals surface area contributed by atoms with Crippen molar-refractivity contribution in [1.82, 2.24) is 10.2 Å². The number of hydrogen-bond donors (Lipinski definition) is 1. The molecule has 0 radical (unpaired) electrons. The summed E-state index contributed by atoms with van der Waals surface area (Å²) in [5, 5.41) is 3.78. The molecule has 6 nitrogen and oxygen atoms in total. The molecular weight excluding hydrogens is 415 g/mol. The molecule has 0 saturated carbocycles. The molecule has 0 unspecified atom stereocenters. The molecule has 1 saturated heterocycles. The lowest BCUT2D eigenvalue weighted by Crippen LogP contribution is -2.46. The van der Waals surface area contributed by atoms with E-state index in [2.05, 4.69) is 5.32 Å². The number of piperidine rings is 1. The van der Waals surface area contributed by atoms with E-state index in [1.807, 2.05) is 0 Å². The van der Waals surface area contributed by atoms with Crippen molar-refractivity contribution in [2.45, 2.75) is 18.9 Å². The topological polar surface area (TPSA) is 67.9 Å². The SMILES string of the molecule is COc1cc(OC)cc(C(=O)N2CCC(NC(=O)c3cc(Cl)ccc3Cl)CC2)c1. The molecule has 1 fully saturated rings. The number of hydrogen-bond acceptors (Lipinski definition) is 4. The van der Waals surface area contributed by atoms with Crippen molar-refractivity contribution in [3.63, 3.8) is 0 Å². The highest BCUT2D eigenvalue weighted by atomic mass is 35.5. The summed E-state index contributed by atoms with van der Waals surface area (Å²) in [7, 11) is 3.09. The highest BCUT2D eigenvalue weighted by Crippen LogP contribution is 2.25. The third kappa shape index (κ3) is 5.14. The van der Waals surface area contributed by atoms with Crippen LogP contribution in [0.15, 0.2) is 36.4 Å². The fourth-order valence-electron chi connectivity index (χ4n) is 3.28. The van der Waals surface area contributed by atoms with E-state index in [0.717, 1.165) is 0 Å². The Bertz CT molecular complexity index is 889. The normalized spacial score (nSPS) is 14.4. The molecule has 0 bridgehead atoms. The zero-order valence-corrected chi connectivity index (χ0v) is 17.7. The fourth-order valence-corrected chi connectivity index (χ4v) is 3.65.